The summed E-state index contributed by atoms with van der Waals surface area (Å²) in [4.78, 5) is 37.7. The Hall–Kier alpha value is -3.15. The predicted molar refractivity (Wildman–Crippen MR) is 151 cm³/mol. The van der Waals surface area contributed by atoms with Crippen LogP contribution < -0.4 is 10.6 Å². The first-order valence-electron chi connectivity index (χ1n) is 14.0. The Kier molecular flexibility index (Phi) is 14.1. The Morgan fingerprint density at radius 3 is 1.89 bits per heavy atom. The molecule has 0 aliphatic rings. The molecule has 2 N–H and O–H groups in total. The van der Waals surface area contributed by atoms with Gasteiger partial charge in [0.1, 0.15) is 0 Å². The highest BCUT2D eigenvalue weighted by atomic mass is 16.5. The lowest BCUT2D eigenvalue weighted by Crippen LogP contribution is -2.23. The van der Waals surface area contributed by atoms with Crippen molar-refractivity contribution in [3.8, 4) is 0 Å². The van der Waals surface area contributed by atoms with E-state index >= 15 is 0 Å². The molecular formula is C31H44N2O4. The van der Waals surface area contributed by atoms with Gasteiger partial charge >= 0.3 is 5.97 Å². The summed E-state index contributed by atoms with van der Waals surface area (Å²) in [6, 6.07) is 12.7. The molecule has 0 heterocycles. The molecule has 2 rings (SSSR count). The van der Waals surface area contributed by atoms with E-state index < -0.39 is 18.5 Å². The zero-order chi connectivity index (χ0) is 26.9. The van der Waals surface area contributed by atoms with Gasteiger partial charge in [0.05, 0.1) is 11.3 Å². The van der Waals surface area contributed by atoms with Gasteiger partial charge in [-0.1, -0.05) is 102 Å². The van der Waals surface area contributed by atoms with Crippen LogP contribution in [-0.4, -0.2) is 24.4 Å². The monoisotopic (exact) mass is 508 g/mol. The average molecular weight is 509 g/mol. The minimum Gasteiger partial charge on any atom is -0.452 e. The minimum absolute atomic E-state index is 0.121. The molecule has 0 saturated carbocycles. The molecule has 0 atom stereocenters. The summed E-state index contributed by atoms with van der Waals surface area (Å²) < 4.78 is 5.29. The van der Waals surface area contributed by atoms with E-state index in [1.807, 2.05) is 32.0 Å². The van der Waals surface area contributed by atoms with Crippen LogP contribution in [0.4, 0.5) is 11.4 Å². The molecule has 0 unspecified atom stereocenters. The highest BCUT2D eigenvalue weighted by molar-refractivity contribution is 6.02. The molecule has 0 bridgehead atoms. The summed E-state index contributed by atoms with van der Waals surface area (Å²) in [5, 5.41) is 5.73. The molecule has 2 amide bonds. The van der Waals surface area contributed by atoms with Crippen LogP contribution in [0.2, 0.25) is 0 Å². The fourth-order valence-electron chi connectivity index (χ4n) is 4.37. The topological polar surface area (TPSA) is 84.5 Å². The Bertz CT molecular complexity index is 980. The van der Waals surface area contributed by atoms with Gasteiger partial charge in [-0.05, 0) is 42.5 Å². The Morgan fingerprint density at radius 2 is 1.27 bits per heavy atom. The molecular weight excluding hydrogens is 464 g/mol. The number of ether oxygens (including phenoxy) is 1. The molecule has 6 nitrogen and oxygen atoms in total. The zero-order valence-electron chi connectivity index (χ0n) is 22.9. The fourth-order valence-corrected chi connectivity index (χ4v) is 4.37. The van der Waals surface area contributed by atoms with Crippen molar-refractivity contribution in [1.82, 2.24) is 0 Å². The van der Waals surface area contributed by atoms with Gasteiger partial charge in [0.15, 0.2) is 6.61 Å². The van der Waals surface area contributed by atoms with Gasteiger partial charge in [0, 0.05) is 12.1 Å². The van der Waals surface area contributed by atoms with E-state index in [1.54, 1.807) is 24.3 Å². The van der Waals surface area contributed by atoms with Gasteiger partial charge in [0.25, 0.3) is 5.91 Å². The third-order valence-electron chi connectivity index (χ3n) is 6.53. The van der Waals surface area contributed by atoms with Crippen LogP contribution >= 0.6 is 0 Å². The molecule has 0 aliphatic heterocycles. The second kappa shape index (κ2) is 17.3. The summed E-state index contributed by atoms with van der Waals surface area (Å²) in [5.74, 6) is -1.16. The number of amides is 2. The van der Waals surface area contributed by atoms with Gasteiger partial charge in [0.2, 0.25) is 5.91 Å². The van der Waals surface area contributed by atoms with E-state index in [9.17, 15) is 14.4 Å². The lowest BCUT2D eigenvalue weighted by Gasteiger charge is -2.15. The first-order valence-corrected chi connectivity index (χ1v) is 14.0. The van der Waals surface area contributed by atoms with E-state index in [2.05, 4.69) is 17.6 Å². The van der Waals surface area contributed by atoms with Gasteiger partial charge in [-0.25, -0.2) is 4.79 Å². The molecule has 37 heavy (non-hydrogen) atoms. The maximum absolute atomic E-state index is 12.7. The van der Waals surface area contributed by atoms with Crippen LogP contribution in [0.3, 0.4) is 0 Å². The molecule has 0 aromatic heterocycles. The normalized spacial score (nSPS) is 10.7. The third-order valence-corrected chi connectivity index (χ3v) is 6.53. The number of carbonyl (C=O) groups excluding carboxylic acids is 3. The number of hydrogen-bond donors (Lipinski definition) is 2. The van der Waals surface area contributed by atoms with Crippen molar-refractivity contribution in [2.75, 3.05) is 17.2 Å². The Labute approximate surface area is 222 Å². The largest absolute Gasteiger partial charge is 0.452 e. The Balaban J connectivity index is 1.80. The van der Waals surface area contributed by atoms with Crippen LogP contribution in [0.15, 0.2) is 42.5 Å². The molecule has 2 aromatic carbocycles. The number of unbranched alkanes of at least 4 members (excludes halogenated alkanes) is 8. The lowest BCUT2D eigenvalue weighted by atomic mass is 10.0. The standard InChI is InChI=1S/C31H44N2O4/c1-4-7-8-9-10-11-12-13-14-22-28(34)32-27-21-16-15-20-26(27)31(36)37-23-29(35)33-30-24(5-2)18-17-19-25(30)6-3/h15-21H,4-14,22-23H2,1-3H3,(H,32,34)(H,33,35). The van der Waals surface area contributed by atoms with Crippen molar-refractivity contribution in [3.05, 3.63) is 59.2 Å². The van der Waals surface area contributed by atoms with E-state index in [0.717, 1.165) is 48.9 Å². The van der Waals surface area contributed by atoms with Gasteiger partial charge in [-0.15, -0.1) is 0 Å². The molecule has 0 radical (unpaired) electrons. The van der Waals surface area contributed by atoms with Crippen molar-refractivity contribution in [1.29, 1.82) is 0 Å². The number of benzene rings is 2. The number of nitrogens with one attached hydrogen (secondary N) is 2. The van der Waals surface area contributed by atoms with Crippen molar-refractivity contribution < 1.29 is 19.1 Å². The molecule has 202 valence electrons. The molecule has 6 heteroatoms. The highest BCUT2D eigenvalue weighted by Gasteiger charge is 2.17. The SMILES string of the molecule is CCCCCCCCCCCC(=O)Nc1ccccc1C(=O)OCC(=O)Nc1c(CC)cccc1CC. The molecule has 0 saturated heterocycles. The summed E-state index contributed by atoms with van der Waals surface area (Å²) in [7, 11) is 0. The highest BCUT2D eigenvalue weighted by Crippen LogP contribution is 2.23. The number of aryl methyl sites for hydroxylation is 2. The first kappa shape index (κ1) is 30.1. The third kappa shape index (κ3) is 10.8. The summed E-state index contributed by atoms with van der Waals surface area (Å²) in [6.07, 6.45) is 12.7. The minimum atomic E-state index is -0.645. The Morgan fingerprint density at radius 1 is 0.676 bits per heavy atom. The molecule has 0 fully saturated rings. The van der Waals surface area contributed by atoms with Crippen molar-refractivity contribution in [2.45, 2.75) is 97.8 Å². The van der Waals surface area contributed by atoms with Crippen molar-refractivity contribution >= 4 is 29.2 Å². The summed E-state index contributed by atoms with van der Waals surface area (Å²) >= 11 is 0. The van der Waals surface area contributed by atoms with Crippen LogP contribution in [0.5, 0.6) is 0 Å². The number of anilines is 2. The van der Waals surface area contributed by atoms with Gasteiger partial charge in [-0.2, -0.15) is 0 Å². The number of rotatable bonds is 17. The number of para-hydroxylation sites is 2. The quantitative estimate of drug-likeness (QED) is 0.171. The zero-order valence-corrected chi connectivity index (χ0v) is 22.9. The van der Waals surface area contributed by atoms with Gasteiger partial charge in [-0.3, -0.25) is 9.59 Å². The van der Waals surface area contributed by atoms with E-state index in [0.29, 0.717) is 12.1 Å². The average Bonchev–Trinajstić information content (AvgIpc) is 2.91. The second-order valence-corrected chi connectivity index (χ2v) is 9.45. The van der Waals surface area contributed by atoms with Crippen LogP contribution in [0, 0.1) is 0 Å². The van der Waals surface area contributed by atoms with Crippen LogP contribution in [0.25, 0.3) is 0 Å². The molecule has 0 spiro atoms. The predicted octanol–water partition coefficient (Wildman–Crippen LogP) is 7.47. The molecule has 2 aromatic rings. The van der Waals surface area contributed by atoms with E-state index in [-0.39, 0.29) is 11.5 Å². The lowest BCUT2D eigenvalue weighted by molar-refractivity contribution is -0.119. The maximum atomic E-state index is 12.7. The number of carbonyl (C=O) groups is 3. The van der Waals surface area contributed by atoms with Crippen LogP contribution in [0.1, 0.15) is 106 Å². The summed E-state index contributed by atoms with van der Waals surface area (Å²) in [6.45, 7) is 5.89. The summed E-state index contributed by atoms with van der Waals surface area (Å²) in [5.41, 5.74) is 3.51. The smallest absolute Gasteiger partial charge is 0.340 e. The van der Waals surface area contributed by atoms with Gasteiger partial charge < -0.3 is 15.4 Å². The van der Waals surface area contributed by atoms with E-state index in [1.165, 1.54) is 38.5 Å². The van der Waals surface area contributed by atoms with Crippen molar-refractivity contribution in [2.24, 2.45) is 0 Å². The first-order chi connectivity index (χ1) is 18.0. The van der Waals surface area contributed by atoms with E-state index in [4.69, 9.17) is 4.74 Å². The fraction of sp³-hybridized carbons (Fsp3) is 0.516. The molecule has 0 aliphatic carbocycles. The maximum Gasteiger partial charge on any atom is 0.340 e. The number of hydrogen-bond acceptors (Lipinski definition) is 4. The van der Waals surface area contributed by atoms with Crippen LogP contribution in [-0.2, 0) is 27.2 Å². The van der Waals surface area contributed by atoms with Crippen molar-refractivity contribution in [3.63, 3.8) is 0 Å². The second-order valence-electron chi connectivity index (χ2n) is 9.45. The number of esters is 1.